The highest BCUT2D eigenvalue weighted by Crippen LogP contribution is 2.14. The van der Waals surface area contributed by atoms with Gasteiger partial charge in [0.15, 0.2) is 6.29 Å². The van der Waals surface area contributed by atoms with Gasteiger partial charge in [-0.15, -0.1) is 0 Å². The Morgan fingerprint density at radius 2 is 1.23 bits per heavy atom. The third kappa shape index (κ3) is 17.2. The fraction of sp³-hybridized carbons (Fsp3) is 0.917. The lowest BCUT2D eigenvalue weighted by Gasteiger charge is -2.23. The summed E-state index contributed by atoms with van der Waals surface area (Å²) in [5.74, 6) is -0.488. The van der Waals surface area contributed by atoms with Crippen molar-refractivity contribution < 1.29 is 36.1 Å². The molecule has 0 aromatic heterocycles. The van der Waals surface area contributed by atoms with Crippen molar-refractivity contribution in [1.29, 1.82) is 0 Å². The van der Waals surface area contributed by atoms with Crippen LogP contribution in [-0.2, 0) is 14.3 Å². The van der Waals surface area contributed by atoms with Crippen LogP contribution in [0, 0.1) is 0 Å². The largest absolute Gasteiger partial charge is 0.463 e. The van der Waals surface area contributed by atoms with E-state index in [1.165, 1.54) is 64.2 Å². The molecule has 0 fully saturated rings. The van der Waals surface area contributed by atoms with Gasteiger partial charge in [-0.2, -0.15) is 0 Å². The molecule has 0 spiro atoms. The van der Waals surface area contributed by atoms with E-state index in [9.17, 15) is 24.9 Å². The molecule has 4 atom stereocenters. The summed E-state index contributed by atoms with van der Waals surface area (Å²) in [5, 5.41) is 37.9. The summed E-state index contributed by atoms with van der Waals surface area (Å²) in [6, 6.07) is 0. The number of ether oxygens (including phenoxy) is 1. The summed E-state index contributed by atoms with van der Waals surface area (Å²) in [6.45, 7) is 0.0580. The van der Waals surface area contributed by atoms with E-state index in [-0.39, 0.29) is 12.7 Å². The third-order valence-corrected chi connectivity index (χ3v) is 5.53. The molecule has 0 aliphatic heterocycles. The maximum Gasteiger partial charge on any atom is 0.305 e. The number of carbonyl (C=O) groups excluding carboxylic acids is 2. The summed E-state index contributed by atoms with van der Waals surface area (Å²) in [6.07, 6.45) is 11.0. The Morgan fingerprint density at radius 1 is 0.774 bits per heavy atom. The quantitative estimate of drug-likeness (QED) is 0.114. The molecule has 0 radical (unpaired) electrons. The Bertz CT molecular complexity index is 450. The Hall–Kier alpha value is -1.02. The van der Waals surface area contributed by atoms with Crippen molar-refractivity contribution in [3.8, 4) is 0 Å². The van der Waals surface area contributed by atoms with Gasteiger partial charge < -0.3 is 30.0 Å². The zero-order valence-electron chi connectivity index (χ0n) is 20.1. The lowest BCUT2D eigenvalue weighted by Crippen LogP contribution is -2.46. The van der Waals surface area contributed by atoms with Crippen LogP contribution in [0.3, 0.4) is 0 Å². The molecule has 31 heavy (non-hydrogen) atoms. The van der Waals surface area contributed by atoms with Crippen LogP contribution < -0.4 is 0 Å². The van der Waals surface area contributed by atoms with Gasteiger partial charge in [0, 0.05) is 7.79 Å². The van der Waals surface area contributed by atoms with Crippen LogP contribution in [0.1, 0.15) is 111 Å². The van der Waals surface area contributed by atoms with Gasteiger partial charge in [-0.05, 0) is 6.42 Å². The normalized spacial score (nSPS) is 15.7. The van der Waals surface area contributed by atoms with E-state index in [0.29, 0.717) is 13.3 Å². The monoisotopic (exact) mass is 447 g/mol. The second-order valence-electron chi connectivity index (χ2n) is 8.41. The average molecular weight is 448 g/mol. The van der Waals surface area contributed by atoms with Crippen molar-refractivity contribution in [2.75, 3.05) is 6.61 Å². The summed E-state index contributed by atoms with van der Waals surface area (Å²) >= 11 is 0. The van der Waals surface area contributed by atoms with Crippen molar-refractivity contribution >= 4 is 12.3 Å². The number of aldehydes is 1. The minimum atomic E-state index is -1.84. The molecule has 184 valence electrons. The molecular formula is C24H46O7. The number of aliphatic hydroxyl groups excluding tert-OH is 4. The molecule has 0 rings (SSSR count). The van der Waals surface area contributed by atoms with Crippen molar-refractivity contribution in [3.63, 3.8) is 0 Å². The summed E-state index contributed by atoms with van der Waals surface area (Å²) in [7, 11) is 0. The lowest BCUT2D eigenvalue weighted by atomic mass is 10.0. The van der Waals surface area contributed by atoms with Gasteiger partial charge in [-0.1, -0.05) is 96.8 Å². The highest BCUT2D eigenvalue weighted by atomic mass is 16.5. The van der Waals surface area contributed by atoms with Gasteiger partial charge in [0.25, 0.3) is 0 Å². The maximum atomic E-state index is 11.7. The Balaban J connectivity index is 3.45. The van der Waals surface area contributed by atoms with E-state index in [4.69, 9.17) is 11.2 Å². The molecule has 4 N–H and O–H groups in total. The van der Waals surface area contributed by atoms with Crippen LogP contribution in [0.5, 0.6) is 0 Å². The topological polar surface area (TPSA) is 124 Å². The second-order valence-corrected chi connectivity index (χ2v) is 8.41. The fourth-order valence-electron chi connectivity index (χ4n) is 3.43. The van der Waals surface area contributed by atoms with E-state index in [2.05, 4.69) is 0 Å². The van der Waals surface area contributed by atoms with E-state index in [1.54, 1.807) is 0 Å². The molecule has 7 heteroatoms. The van der Waals surface area contributed by atoms with E-state index in [0.717, 1.165) is 25.7 Å². The van der Waals surface area contributed by atoms with Gasteiger partial charge in [-0.3, -0.25) is 4.79 Å². The molecule has 0 heterocycles. The predicted molar refractivity (Wildman–Crippen MR) is 121 cm³/mol. The number of aliphatic hydroxyl groups is 4. The van der Waals surface area contributed by atoms with Gasteiger partial charge >= 0.3 is 5.97 Å². The van der Waals surface area contributed by atoms with Crippen molar-refractivity contribution in [2.45, 2.75) is 134 Å². The standard InChI is InChI=1S/C24H46O7/c1-2-3-4-5-6-7-8-9-10-11-12-13-14-15-16-17-22(28)31-19-21(27)24(30)23(29)20(26)18-25/h18,20-21,23-24,26-27,29-30H,2-17,19H2,1H3/t20-,21+,23+,24+/m0/s1/i1D. The Morgan fingerprint density at radius 3 is 1.68 bits per heavy atom. The first kappa shape index (κ1) is 28.0. The molecule has 0 aromatic rings. The van der Waals surface area contributed by atoms with Gasteiger partial charge in [0.05, 0.1) is 0 Å². The maximum absolute atomic E-state index is 11.7. The molecule has 0 aliphatic carbocycles. The summed E-state index contributed by atoms with van der Waals surface area (Å²) in [4.78, 5) is 22.1. The molecule has 0 amide bonds. The van der Waals surface area contributed by atoms with Crippen molar-refractivity contribution in [2.24, 2.45) is 0 Å². The van der Waals surface area contributed by atoms with Crippen LogP contribution in [0.4, 0.5) is 0 Å². The molecule has 0 bridgehead atoms. The van der Waals surface area contributed by atoms with E-state index < -0.39 is 37.0 Å². The molecule has 0 saturated carbocycles. The Labute approximate surface area is 189 Å². The number of hydrogen-bond acceptors (Lipinski definition) is 7. The molecule has 0 aliphatic rings. The number of carbonyl (C=O) groups is 2. The number of hydrogen-bond donors (Lipinski definition) is 4. The molecule has 0 unspecified atom stereocenters. The molecule has 7 nitrogen and oxygen atoms in total. The first-order valence-electron chi connectivity index (χ1n) is 12.8. The first-order chi connectivity index (χ1) is 15.4. The minimum absolute atomic E-state index is 0.0550. The number of esters is 1. The molecular weight excluding hydrogens is 400 g/mol. The fourth-order valence-corrected chi connectivity index (χ4v) is 3.43. The third-order valence-electron chi connectivity index (χ3n) is 5.53. The van der Waals surface area contributed by atoms with Gasteiger partial charge in [0.1, 0.15) is 31.0 Å². The highest BCUT2D eigenvalue weighted by molar-refractivity contribution is 5.69. The second kappa shape index (κ2) is 20.9. The van der Waals surface area contributed by atoms with Gasteiger partial charge in [0.2, 0.25) is 0 Å². The first-order valence-corrected chi connectivity index (χ1v) is 12.1. The smallest absolute Gasteiger partial charge is 0.305 e. The summed E-state index contributed by atoms with van der Waals surface area (Å²) in [5.41, 5.74) is 0. The highest BCUT2D eigenvalue weighted by Gasteiger charge is 2.30. The van der Waals surface area contributed by atoms with Crippen LogP contribution in [0.2, 0.25) is 0 Å². The van der Waals surface area contributed by atoms with Crippen molar-refractivity contribution in [1.82, 2.24) is 0 Å². The van der Waals surface area contributed by atoms with Crippen LogP contribution >= 0.6 is 0 Å². The SMILES string of the molecule is [2H]CCCCCCCCCCCCCCCCCC(=O)OC[C@@H](O)[C@@H](O)[C@H](O)[C@@H](O)C=O. The van der Waals surface area contributed by atoms with E-state index >= 15 is 0 Å². The van der Waals surface area contributed by atoms with Crippen LogP contribution in [-0.4, -0.2) is 63.7 Å². The number of rotatable bonds is 22. The zero-order valence-corrected chi connectivity index (χ0v) is 19.1. The molecule has 0 saturated heterocycles. The average Bonchev–Trinajstić information content (AvgIpc) is 2.80. The van der Waals surface area contributed by atoms with E-state index in [1.807, 2.05) is 0 Å². The minimum Gasteiger partial charge on any atom is -0.463 e. The Kier molecular flexibility index (Phi) is 18.8. The zero-order chi connectivity index (χ0) is 24.0. The predicted octanol–water partition coefficient (Wildman–Crippen LogP) is 3.43. The lowest BCUT2D eigenvalue weighted by molar-refractivity contribution is -0.156. The van der Waals surface area contributed by atoms with Crippen LogP contribution in [0.25, 0.3) is 0 Å². The summed E-state index contributed by atoms with van der Waals surface area (Å²) < 4.78 is 12.0. The molecule has 0 aromatic carbocycles. The van der Waals surface area contributed by atoms with Crippen molar-refractivity contribution in [3.05, 3.63) is 0 Å². The van der Waals surface area contributed by atoms with Gasteiger partial charge in [-0.25, -0.2) is 0 Å². The number of unbranched alkanes of at least 4 members (excludes halogenated alkanes) is 14. The van der Waals surface area contributed by atoms with Crippen LogP contribution in [0.15, 0.2) is 0 Å².